The first-order valence-electron chi connectivity index (χ1n) is 6.83. The van der Waals surface area contributed by atoms with E-state index in [1.54, 1.807) is 11.3 Å². The summed E-state index contributed by atoms with van der Waals surface area (Å²) in [4.78, 5) is 11.9. The minimum absolute atomic E-state index is 0.268. The van der Waals surface area contributed by atoms with Crippen LogP contribution < -0.4 is 5.32 Å². The van der Waals surface area contributed by atoms with Gasteiger partial charge in [0.15, 0.2) is 0 Å². The predicted molar refractivity (Wildman–Crippen MR) is 84.2 cm³/mol. The van der Waals surface area contributed by atoms with Gasteiger partial charge in [-0.1, -0.05) is 18.2 Å². The van der Waals surface area contributed by atoms with Crippen LogP contribution in [0.4, 0.5) is 8.78 Å². The fourth-order valence-electron chi connectivity index (χ4n) is 2.30. The van der Waals surface area contributed by atoms with Crippen molar-refractivity contribution in [3.05, 3.63) is 70.6 Å². The first-order valence-corrected chi connectivity index (χ1v) is 7.71. The molecule has 0 fully saturated rings. The number of benzene rings is 2. The molecule has 1 heterocycles. The average molecular weight is 317 g/mol. The zero-order chi connectivity index (χ0) is 15.5. The molecule has 0 aliphatic heterocycles. The molecule has 0 unspecified atom stereocenters. The van der Waals surface area contributed by atoms with Crippen molar-refractivity contribution in [2.75, 3.05) is 6.54 Å². The number of amides is 1. The smallest absolute Gasteiger partial charge is 0.254 e. The van der Waals surface area contributed by atoms with E-state index in [9.17, 15) is 13.6 Å². The summed E-state index contributed by atoms with van der Waals surface area (Å²) in [5.41, 5.74) is 0.871. The number of carbonyl (C=O) groups excluding carboxylic acids is 1. The predicted octanol–water partition coefficient (Wildman–Crippen LogP) is 4.15. The lowest BCUT2D eigenvalue weighted by Gasteiger charge is -2.06. The molecule has 3 rings (SSSR count). The third-order valence-electron chi connectivity index (χ3n) is 3.41. The molecular weight excluding hydrogens is 304 g/mol. The van der Waals surface area contributed by atoms with E-state index in [-0.39, 0.29) is 5.56 Å². The summed E-state index contributed by atoms with van der Waals surface area (Å²) in [6, 6.07) is 10.9. The van der Waals surface area contributed by atoms with Crippen LogP contribution in [0.15, 0.2) is 47.8 Å². The van der Waals surface area contributed by atoms with Crippen LogP contribution in [-0.2, 0) is 6.42 Å². The van der Waals surface area contributed by atoms with Gasteiger partial charge in [-0.05, 0) is 47.0 Å². The van der Waals surface area contributed by atoms with Gasteiger partial charge >= 0.3 is 0 Å². The number of thiophene rings is 1. The zero-order valence-corrected chi connectivity index (χ0v) is 12.4. The summed E-state index contributed by atoms with van der Waals surface area (Å²) in [6.07, 6.45) is 0.646. The molecule has 1 amide bonds. The van der Waals surface area contributed by atoms with E-state index in [1.807, 2.05) is 24.3 Å². The number of nitrogens with one attached hydrogen (secondary N) is 1. The van der Waals surface area contributed by atoms with E-state index in [2.05, 4.69) is 10.7 Å². The molecule has 0 bridgehead atoms. The maximum atomic E-state index is 13.5. The molecule has 0 aliphatic carbocycles. The summed E-state index contributed by atoms with van der Waals surface area (Å²) in [5.74, 6) is -1.95. The average Bonchev–Trinajstić information content (AvgIpc) is 2.93. The van der Waals surface area contributed by atoms with Crippen molar-refractivity contribution in [1.29, 1.82) is 0 Å². The van der Waals surface area contributed by atoms with Crippen LogP contribution in [0, 0.1) is 11.6 Å². The first-order chi connectivity index (χ1) is 10.6. The normalized spacial score (nSPS) is 10.8. The summed E-state index contributed by atoms with van der Waals surface area (Å²) in [5, 5.41) is 5.85. The number of carbonyl (C=O) groups is 1. The molecule has 2 nitrogen and oxygen atoms in total. The molecule has 0 radical (unpaired) electrons. The van der Waals surface area contributed by atoms with Crippen LogP contribution in [0.3, 0.4) is 0 Å². The highest BCUT2D eigenvalue weighted by molar-refractivity contribution is 7.17. The number of fused-ring (bicyclic) bond motifs is 1. The van der Waals surface area contributed by atoms with E-state index in [0.717, 1.165) is 23.8 Å². The highest BCUT2D eigenvalue weighted by Crippen LogP contribution is 2.25. The van der Waals surface area contributed by atoms with Crippen molar-refractivity contribution in [1.82, 2.24) is 5.32 Å². The topological polar surface area (TPSA) is 29.1 Å². The van der Waals surface area contributed by atoms with Crippen molar-refractivity contribution < 1.29 is 13.6 Å². The Hall–Kier alpha value is -2.27. The van der Waals surface area contributed by atoms with Crippen LogP contribution in [0.25, 0.3) is 10.1 Å². The SMILES string of the molecule is O=C(NCCc1csc2ccccc12)c1cc(F)ccc1F. The Bertz CT molecular complexity index is 828. The van der Waals surface area contributed by atoms with E-state index in [1.165, 1.54) is 10.1 Å². The monoisotopic (exact) mass is 317 g/mol. The lowest BCUT2D eigenvalue weighted by Crippen LogP contribution is -2.26. The van der Waals surface area contributed by atoms with E-state index < -0.39 is 17.5 Å². The maximum absolute atomic E-state index is 13.5. The Morgan fingerprint density at radius 3 is 2.82 bits per heavy atom. The van der Waals surface area contributed by atoms with Crippen molar-refractivity contribution in [2.24, 2.45) is 0 Å². The largest absolute Gasteiger partial charge is 0.352 e. The third-order valence-corrected chi connectivity index (χ3v) is 4.43. The molecule has 0 saturated carbocycles. The highest BCUT2D eigenvalue weighted by atomic mass is 32.1. The van der Waals surface area contributed by atoms with Crippen molar-refractivity contribution in [2.45, 2.75) is 6.42 Å². The van der Waals surface area contributed by atoms with Crippen LogP contribution in [0.1, 0.15) is 15.9 Å². The Morgan fingerprint density at radius 2 is 1.95 bits per heavy atom. The van der Waals surface area contributed by atoms with E-state index in [4.69, 9.17) is 0 Å². The Kier molecular flexibility index (Phi) is 4.15. The molecular formula is C17H13F2NOS. The highest BCUT2D eigenvalue weighted by Gasteiger charge is 2.12. The molecule has 3 aromatic rings. The lowest BCUT2D eigenvalue weighted by molar-refractivity contribution is 0.0949. The number of rotatable bonds is 4. The van der Waals surface area contributed by atoms with E-state index in [0.29, 0.717) is 13.0 Å². The molecule has 0 saturated heterocycles. The molecule has 0 aliphatic rings. The summed E-state index contributed by atoms with van der Waals surface area (Å²) in [7, 11) is 0. The minimum Gasteiger partial charge on any atom is -0.352 e. The van der Waals surface area contributed by atoms with Crippen LogP contribution in [0.2, 0.25) is 0 Å². The standard InChI is InChI=1S/C17H13F2NOS/c18-12-5-6-15(19)14(9-12)17(21)20-8-7-11-10-22-16-4-2-1-3-13(11)16/h1-6,9-10H,7-8H2,(H,20,21). The molecule has 1 aromatic heterocycles. The zero-order valence-electron chi connectivity index (χ0n) is 11.6. The van der Waals surface area contributed by atoms with Gasteiger partial charge in [0.25, 0.3) is 5.91 Å². The van der Waals surface area contributed by atoms with E-state index >= 15 is 0 Å². The molecule has 2 aromatic carbocycles. The maximum Gasteiger partial charge on any atom is 0.254 e. The second-order valence-corrected chi connectivity index (χ2v) is 5.80. The first kappa shape index (κ1) is 14.7. The lowest BCUT2D eigenvalue weighted by atomic mass is 10.1. The van der Waals surface area contributed by atoms with Crippen LogP contribution in [0.5, 0.6) is 0 Å². The summed E-state index contributed by atoms with van der Waals surface area (Å²) >= 11 is 1.65. The van der Waals surface area contributed by atoms with Crippen molar-refractivity contribution >= 4 is 27.3 Å². The fourth-order valence-corrected chi connectivity index (χ4v) is 3.30. The van der Waals surface area contributed by atoms with Gasteiger partial charge in [0.1, 0.15) is 11.6 Å². The second kappa shape index (κ2) is 6.23. The molecule has 1 N–H and O–H groups in total. The van der Waals surface area contributed by atoms with Crippen LogP contribution in [-0.4, -0.2) is 12.5 Å². The Balaban J connectivity index is 1.65. The molecule has 0 spiro atoms. The molecule has 112 valence electrons. The van der Waals surface area contributed by atoms with Gasteiger partial charge in [0.2, 0.25) is 0 Å². The molecule has 5 heteroatoms. The summed E-state index contributed by atoms with van der Waals surface area (Å²) in [6.45, 7) is 0.371. The number of hydrogen-bond donors (Lipinski definition) is 1. The molecule has 22 heavy (non-hydrogen) atoms. The van der Waals surface area contributed by atoms with Gasteiger partial charge in [0.05, 0.1) is 5.56 Å². The second-order valence-electron chi connectivity index (χ2n) is 4.89. The Morgan fingerprint density at radius 1 is 1.14 bits per heavy atom. The van der Waals surface area contributed by atoms with Crippen LogP contribution >= 0.6 is 11.3 Å². The van der Waals surface area contributed by atoms with Crippen molar-refractivity contribution in [3.63, 3.8) is 0 Å². The van der Waals surface area contributed by atoms with Gasteiger partial charge in [-0.3, -0.25) is 4.79 Å². The van der Waals surface area contributed by atoms with Gasteiger partial charge < -0.3 is 5.32 Å². The third kappa shape index (κ3) is 2.99. The van der Waals surface area contributed by atoms with Gasteiger partial charge in [-0.2, -0.15) is 0 Å². The van der Waals surface area contributed by atoms with Gasteiger partial charge in [-0.25, -0.2) is 8.78 Å². The Labute approximate surface area is 130 Å². The van der Waals surface area contributed by atoms with Crippen molar-refractivity contribution in [3.8, 4) is 0 Å². The van der Waals surface area contributed by atoms with Gasteiger partial charge in [0, 0.05) is 11.2 Å². The molecule has 0 atom stereocenters. The van der Waals surface area contributed by atoms with Gasteiger partial charge in [-0.15, -0.1) is 11.3 Å². The fraction of sp³-hybridized carbons (Fsp3) is 0.118. The number of hydrogen-bond acceptors (Lipinski definition) is 2. The number of halogens is 2. The minimum atomic E-state index is -0.722. The summed E-state index contributed by atoms with van der Waals surface area (Å²) < 4.78 is 27.8. The quantitative estimate of drug-likeness (QED) is 0.769.